The number of hydrogen-bond acceptors (Lipinski definition) is 2. The van der Waals surface area contributed by atoms with Crippen molar-refractivity contribution in [1.29, 1.82) is 0 Å². The van der Waals surface area contributed by atoms with Crippen molar-refractivity contribution >= 4 is 78.9 Å². The summed E-state index contributed by atoms with van der Waals surface area (Å²) in [4.78, 5) is 21.8. The molecule has 0 fully saturated rings. The van der Waals surface area contributed by atoms with Crippen LogP contribution in [0.5, 0.6) is 0 Å². The molecular weight excluding hydrogens is 636 g/mol. The second kappa shape index (κ2) is 14.2. The summed E-state index contributed by atoms with van der Waals surface area (Å²) in [6.07, 6.45) is 0. The number of hydrogen-bond donors (Lipinski definition) is 0. The zero-order chi connectivity index (χ0) is 20.3. The summed E-state index contributed by atoms with van der Waals surface area (Å²) in [5.41, 5.74) is 0.590. The van der Waals surface area contributed by atoms with Gasteiger partial charge >= 0.3 is 39.6 Å². The summed E-state index contributed by atoms with van der Waals surface area (Å²) in [5, 5.41) is 0.654. The first-order chi connectivity index (χ1) is 12.1. The molecule has 0 atom stereocenters. The Hall–Kier alpha value is 0.179. The van der Waals surface area contributed by atoms with Crippen LogP contribution in [0, 0.1) is 11.6 Å². The van der Waals surface area contributed by atoms with E-state index in [1.165, 1.54) is 30.4 Å². The van der Waals surface area contributed by atoms with Crippen molar-refractivity contribution in [2.45, 2.75) is 6.92 Å². The quantitative estimate of drug-likeness (QED) is 0.198. The topological polar surface area (TPSA) is 34.1 Å². The van der Waals surface area contributed by atoms with Crippen LogP contribution in [0.1, 0.15) is 27.6 Å². The minimum atomic E-state index is -0.494. The Morgan fingerprint density at radius 3 is 1.65 bits per heavy atom. The first-order valence-electron chi connectivity index (χ1n) is 6.48. The molecule has 0 radical (unpaired) electrons. The zero-order valence-electron chi connectivity index (χ0n) is 12.9. The molecule has 0 saturated carbocycles. The molecule has 26 heavy (non-hydrogen) atoms. The molecule has 2 nitrogen and oxygen atoms in total. The average Bonchev–Trinajstić information content (AvgIpc) is 2.53. The number of halogens is 7. The maximum absolute atomic E-state index is 12.7. The van der Waals surface area contributed by atoms with Gasteiger partial charge in [-0.1, -0.05) is 39.1 Å². The van der Waals surface area contributed by atoms with E-state index in [1.807, 2.05) is 0 Å². The molecule has 0 N–H and O–H groups in total. The zero-order valence-corrected chi connectivity index (χ0v) is 20.1. The van der Waals surface area contributed by atoms with E-state index >= 15 is 0 Å². The summed E-state index contributed by atoms with van der Waals surface area (Å²) < 4.78 is 25.2. The standard InChI is InChI=1S/C8H5BrClFO.C8H6ClFO.2BrH.Cu/c9-4-8(12)5-1-6(10)3-7(11)2-5;1-5(11)6-2-7(9)4-8(10)3-6;;;/h1-3H,4H2;2-4H,1H3;2*1H;/q;;;;+2/p-2. The Bertz CT molecular complexity index is 724. The van der Waals surface area contributed by atoms with Crippen LogP contribution in [0.2, 0.25) is 10.0 Å². The molecule has 2 rings (SSSR count). The Morgan fingerprint density at radius 2 is 1.31 bits per heavy atom. The maximum atomic E-state index is 12.7. The second-order valence-corrected chi connectivity index (χ2v) is 10.7. The normalized spacial score (nSPS) is 9.54. The van der Waals surface area contributed by atoms with Crippen molar-refractivity contribution in [3.05, 3.63) is 69.2 Å². The third kappa shape index (κ3) is 11.1. The summed E-state index contributed by atoms with van der Waals surface area (Å²) in [6.45, 7) is 1.37. The van der Waals surface area contributed by atoms with Gasteiger partial charge in [-0.25, -0.2) is 8.78 Å². The van der Waals surface area contributed by atoms with E-state index in [2.05, 4.69) is 44.2 Å². The van der Waals surface area contributed by atoms with E-state index in [0.29, 0.717) is 5.56 Å². The van der Waals surface area contributed by atoms with Gasteiger partial charge in [0.2, 0.25) is 0 Å². The molecule has 0 spiro atoms. The summed E-state index contributed by atoms with van der Waals surface area (Å²) >= 11 is 21.4. The van der Waals surface area contributed by atoms with E-state index < -0.39 is 11.6 Å². The fraction of sp³-hybridized carbons (Fsp3) is 0.125. The van der Waals surface area contributed by atoms with Crippen LogP contribution in [0.3, 0.4) is 0 Å². The van der Waals surface area contributed by atoms with Crippen LogP contribution in [-0.4, -0.2) is 16.9 Å². The molecule has 0 unspecified atom stereocenters. The van der Waals surface area contributed by atoms with Crippen molar-refractivity contribution in [2.24, 2.45) is 0 Å². The van der Waals surface area contributed by atoms with Gasteiger partial charge in [-0.2, -0.15) is 0 Å². The Morgan fingerprint density at radius 1 is 0.923 bits per heavy atom. The molecule has 0 heterocycles. The molecule has 0 aromatic heterocycles. The van der Waals surface area contributed by atoms with E-state index in [4.69, 9.17) is 23.2 Å². The van der Waals surface area contributed by atoms with Crippen LogP contribution < -0.4 is 0 Å². The number of alkyl halides is 1. The minimum absolute atomic E-state index is 0.173. The van der Waals surface area contributed by atoms with Gasteiger partial charge in [0.05, 0.1) is 5.33 Å². The van der Waals surface area contributed by atoms with Gasteiger partial charge in [0.1, 0.15) is 11.6 Å². The fourth-order valence-corrected chi connectivity index (χ4v) is 2.32. The van der Waals surface area contributed by atoms with Gasteiger partial charge in [-0.05, 0) is 43.3 Å². The third-order valence-electron chi connectivity index (χ3n) is 2.57. The molecule has 0 aliphatic carbocycles. The van der Waals surface area contributed by atoms with Gasteiger partial charge in [0.25, 0.3) is 0 Å². The van der Waals surface area contributed by atoms with E-state index in [9.17, 15) is 18.4 Å². The van der Waals surface area contributed by atoms with Crippen LogP contribution >= 0.6 is 67.4 Å². The molecule has 147 valence electrons. The fourth-order valence-electron chi connectivity index (χ4n) is 1.55. The molecule has 2 aromatic carbocycles. The van der Waals surface area contributed by atoms with E-state index in [1.54, 1.807) is 0 Å². The Balaban J connectivity index is 0.000000419. The molecule has 0 aliphatic rings. The predicted octanol–water partition coefficient (Wildman–Crippen LogP) is 7.43. The number of carbonyl (C=O) groups excluding carboxylic acids is 2. The van der Waals surface area contributed by atoms with Crippen molar-refractivity contribution in [3.63, 3.8) is 0 Å². The first kappa shape index (κ1) is 26.2. The number of ketones is 2. The number of rotatable bonds is 3. The van der Waals surface area contributed by atoms with Gasteiger partial charge in [-0.15, -0.1) is 0 Å². The van der Waals surface area contributed by atoms with Crippen LogP contribution in [0.15, 0.2) is 36.4 Å². The predicted molar refractivity (Wildman–Crippen MR) is 109 cm³/mol. The van der Waals surface area contributed by atoms with Crippen LogP contribution in [0.25, 0.3) is 0 Å². The monoisotopic (exact) mass is 643 g/mol. The molecule has 0 saturated heterocycles. The van der Waals surface area contributed by atoms with Crippen LogP contribution in [0.4, 0.5) is 8.78 Å². The molecule has 10 heteroatoms. The number of benzene rings is 2. The molecule has 0 amide bonds. The summed E-state index contributed by atoms with van der Waals surface area (Å²) in [7, 11) is 0. The van der Waals surface area contributed by atoms with Gasteiger partial charge in [0.15, 0.2) is 11.6 Å². The third-order valence-corrected chi connectivity index (χ3v) is 3.52. The molecule has 0 aliphatic heterocycles. The number of carbonyl (C=O) groups is 2. The van der Waals surface area contributed by atoms with Crippen molar-refractivity contribution < 1.29 is 29.7 Å². The molecular formula is C16H11Br3Cl2CuF2O2. The Kier molecular flexibility index (Phi) is 14.3. The first-order valence-corrected chi connectivity index (χ1v) is 13.0. The van der Waals surface area contributed by atoms with Crippen molar-refractivity contribution in [3.8, 4) is 0 Å². The van der Waals surface area contributed by atoms with Crippen molar-refractivity contribution in [2.75, 3.05) is 5.33 Å². The average molecular weight is 647 g/mol. The van der Waals surface area contributed by atoms with Crippen LogP contribution in [-0.2, 0) is 11.3 Å². The van der Waals surface area contributed by atoms with E-state index in [-0.39, 0.29) is 32.5 Å². The second-order valence-electron chi connectivity index (χ2n) is 4.47. The van der Waals surface area contributed by atoms with E-state index in [0.717, 1.165) is 24.3 Å². The van der Waals surface area contributed by atoms with Gasteiger partial charge < -0.3 is 0 Å². The van der Waals surface area contributed by atoms with Crippen molar-refractivity contribution in [1.82, 2.24) is 0 Å². The Labute approximate surface area is 188 Å². The number of Topliss-reactive ketones (excluding diaryl/α,β-unsaturated/α-hetero) is 2. The molecule has 2 aromatic rings. The summed E-state index contributed by atoms with van der Waals surface area (Å²) in [5.74, 6) is -1.35. The van der Waals surface area contributed by atoms with Gasteiger partial charge in [-0.3, -0.25) is 9.59 Å². The SMILES string of the molecule is CC(=O)c1cc(F)cc(Cl)c1.O=C(CBr)c1cc(F)cc(Cl)c1.[Br][Cu][Br]. The molecule has 0 bridgehead atoms. The summed E-state index contributed by atoms with van der Waals surface area (Å²) in [6, 6.07) is 7.52. The van der Waals surface area contributed by atoms with Gasteiger partial charge in [0, 0.05) is 21.2 Å².